The molecule has 6 aromatic carbocycles. The van der Waals surface area contributed by atoms with Crippen LogP contribution in [0.4, 0.5) is 21.5 Å². The summed E-state index contributed by atoms with van der Waals surface area (Å²) in [5, 5.41) is 10.0. The van der Waals surface area contributed by atoms with Crippen molar-refractivity contribution in [2.24, 2.45) is 67.1 Å². The van der Waals surface area contributed by atoms with Gasteiger partial charge in [0.25, 0.3) is 0 Å². The summed E-state index contributed by atoms with van der Waals surface area (Å²) < 4.78 is 31.4. The van der Waals surface area contributed by atoms with Gasteiger partial charge in [-0.05, 0) is 147 Å². The Balaban J connectivity index is 0.000000177. The third kappa shape index (κ3) is 19.0. The molecule has 6 aromatic rings. The number of nitrogens with two attached hydrogens (primary N) is 6. The van der Waals surface area contributed by atoms with Crippen LogP contribution in [0, 0.1) is 30.5 Å². The van der Waals surface area contributed by atoms with E-state index in [-0.39, 0.29) is 30.2 Å². The normalized spacial score (nSPS) is 14.5. The predicted molar refractivity (Wildman–Crippen MR) is 324 cm³/mol. The van der Waals surface area contributed by atoms with Crippen molar-refractivity contribution in [3.05, 3.63) is 176 Å². The third-order valence-electron chi connectivity index (χ3n) is 14.0. The minimum atomic E-state index is -0.531. The highest BCUT2D eigenvalue weighted by molar-refractivity contribution is 6.42. The molecule has 0 aromatic heterocycles. The summed E-state index contributed by atoms with van der Waals surface area (Å²) in [5.41, 5.74) is 40.7. The van der Waals surface area contributed by atoms with E-state index in [4.69, 9.17) is 71.8 Å². The van der Waals surface area contributed by atoms with E-state index < -0.39 is 17.7 Å². The first-order valence-electron chi connectivity index (χ1n) is 27.1. The quantitative estimate of drug-likeness (QED) is 0.0240. The SMILES string of the molecule is Cc1ccc(CN=C(N)Nc2ccc(C(N)=O)cc2OCC2CCC2)cc1.NC(=O)c1ccc(NC(N)=NCc2ccc(Cl)c(Cl)c2)c(OCC2CCC2)c1.NC(=O)c1ccc(NC(N)=NCc2ccccc2F)c(OCC2CCC2)c1. The summed E-state index contributed by atoms with van der Waals surface area (Å²) in [6.07, 6.45) is 10.7. The van der Waals surface area contributed by atoms with Crippen molar-refractivity contribution < 1.29 is 33.0 Å². The van der Waals surface area contributed by atoms with Crippen molar-refractivity contribution >= 4 is 75.9 Å². The second-order valence-corrected chi connectivity index (χ2v) is 21.2. The Hall–Kier alpha value is -8.55. The van der Waals surface area contributed by atoms with Gasteiger partial charge in [-0.15, -0.1) is 0 Å². The number of guanidine groups is 3. The molecule has 9 rings (SSSR count). The molecule has 21 heteroatoms. The predicted octanol–water partition coefficient (Wildman–Crippen LogP) is 10.4. The number of primary amides is 3. The number of carbonyl (C=O) groups excluding carboxylic acids is 3. The van der Waals surface area contributed by atoms with Crippen LogP contribution in [-0.4, -0.2) is 55.4 Å². The summed E-state index contributed by atoms with van der Waals surface area (Å²) in [7, 11) is 0. The number of hydrogen-bond donors (Lipinski definition) is 9. The number of nitrogens with zero attached hydrogens (tertiary/aromatic N) is 3. The van der Waals surface area contributed by atoms with Crippen LogP contribution < -0.4 is 64.6 Å². The molecule has 0 heterocycles. The Bertz CT molecular complexity index is 3260. The lowest BCUT2D eigenvalue weighted by Gasteiger charge is -2.25. The zero-order valence-electron chi connectivity index (χ0n) is 45.8. The molecule has 432 valence electrons. The average Bonchev–Trinajstić information content (AvgIpc) is 3.47. The highest BCUT2D eigenvalue weighted by atomic mass is 35.5. The lowest BCUT2D eigenvalue weighted by atomic mass is 9.86. The number of nitrogens with one attached hydrogen (secondary N) is 3. The molecule has 3 fully saturated rings. The van der Waals surface area contributed by atoms with Crippen molar-refractivity contribution in [2.45, 2.75) is 84.3 Å². The first-order chi connectivity index (χ1) is 39.5. The number of benzene rings is 6. The minimum absolute atomic E-state index is 0.114. The highest BCUT2D eigenvalue weighted by Gasteiger charge is 2.22. The fourth-order valence-electron chi connectivity index (χ4n) is 8.31. The number of aliphatic imine (C=N–C) groups is 3. The topological polar surface area (TPSA) is 308 Å². The molecule has 0 bridgehead atoms. The smallest absolute Gasteiger partial charge is 0.248 e. The van der Waals surface area contributed by atoms with E-state index in [9.17, 15) is 18.8 Å². The van der Waals surface area contributed by atoms with Crippen LogP contribution in [0.25, 0.3) is 0 Å². The second-order valence-electron chi connectivity index (χ2n) is 20.4. The molecule has 0 atom stereocenters. The number of ether oxygens (including phenoxy) is 3. The highest BCUT2D eigenvalue weighted by Crippen LogP contribution is 2.34. The fourth-order valence-corrected chi connectivity index (χ4v) is 8.63. The summed E-state index contributed by atoms with van der Waals surface area (Å²) in [6.45, 7) is 4.77. The van der Waals surface area contributed by atoms with Crippen LogP contribution >= 0.6 is 23.2 Å². The minimum Gasteiger partial charge on any atom is -0.491 e. The molecule has 82 heavy (non-hydrogen) atoms. The Kier molecular flexibility index (Phi) is 22.6. The van der Waals surface area contributed by atoms with E-state index in [2.05, 4.69) is 30.9 Å². The maximum atomic E-state index is 13.7. The van der Waals surface area contributed by atoms with Crippen molar-refractivity contribution in [3.63, 3.8) is 0 Å². The monoisotopic (exact) mass is 1160 g/mol. The molecule has 0 aliphatic heterocycles. The van der Waals surface area contributed by atoms with Gasteiger partial charge >= 0.3 is 0 Å². The van der Waals surface area contributed by atoms with Crippen molar-refractivity contribution in [2.75, 3.05) is 35.8 Å². The van der Waals surface area contributed by atoms with Crippen LogP contribution in [0.3, 0.4) is 0 Å². The number of rotatable bonds is 21. The number of hydrogen-bond acceptors (Lipinski definition) is 9. The lowest BCUT2D eigenvalue weighted by Crippen LogP contribution is -2.24. The largest absolute Gasteiger partial charge is 0.491 e. The second kappa shape index (κ2) is 30.3. The molecule has 0 saturated heterocycles. The van der Waals surface area contributed by atoms with Crippen LogP contribution in [0.5, 0.6) is 17.2 Å². The van der Waals surface area contributed by atoms with E-state index in [1.165, 1.54) is 43.7 Å². The van der Waals surface area contributed by atoms with E-state index in [0.29, 0.717) is 117 Å². The molecular formula is C61H71Cl2FN12O6. The standard InChI is InChI=1S/C21H26N4O2.C20H22Cl2N4O2.C20H23FN4O2/c1-14-5-7-15(8-6-14)12-24-21(23)25-18-10-9-17(20(22)26)11-19(18)27-13-16-3-2-4-16;21-15-6-4-13(8-16(15)22)10-25-20(24)26-17-7-5-14(19(23)27)9-18(17)28-11-12-2-1-3-12;21-16-7-2-1-6-15(16)11-24-20(23)25-17-9-8-14(19(22)26)10-18(17)27-12-13-4-3-5-13/h5-11,16H,2-4,12-13H2,1H3,(H2,22,26)(H3,23,24,25);4-9,12H,1-3,10-11H2,(H2,23,27)(H3,24,25,26);1-2,6-10,13H,3-5,11-12H2,(H2,22,26)(H3,23,24,25). The van der Waals surface area contributed by atoms with Crippen molar-refractivity contribution in [1.82, 2.24) is 0 Å². The molecule has 3 amide bonds. The summed E-state index contributed by atoms with van der Waals surface area (Å²) in [6, 6.07) is 34.7. The van der Waals surface area contributed by atoms with Gasteiger partial charge in [-0.3, -0.25) is 14.4 Å². The molecule has 0 unspecified atom stereocenters. The van der Waals surface area contributed by atoms with Gasteiger partial charge in [-0.1, -0.05) is 96.6 Å². The Morgan fingerprint density at radius 1 is 0.488 bits per heavy atom. The first-order valence-corrected chi connectivity index (χ1v) is 27.9. The number of aryl methyl sites for hydroxylation is 1. The molecule has 3 saturated carbocycles. The van der Waals surface area contributed by atoms with Gasteiger partial charge in [-0.25, -0.2) is 19.4 Å². The van der Waals surface area contributed by atoms with Crippen LogP contribution in [0.1, 0.15) is 111 Å². The Morgan fingerprint density at radius 3 is 1.23 bits per heavy atom. The number of halogens is 3. The van der Waals surface area contributed by atoms with Gasteiger partial charge in [0, 0.05) is 22.3 Å². The Morgan fingerprint density at radius 2 is 0.866 bits per heavy atom. The van der Waals surface area contributed by atoms with E-state index >= 15 is 0 Å². The molecule has 15 N–H and O–H groups in total. The first kappa shape index (κ1) is 61.1. The van der Waals surface area contributed by atoms with Crippen LogP contribution in [0.2, 0.25) is 10.0 Å². The van der Waals surface area contributed by atoms with Crippen molar-refractivity contribution in [3.8, 4) is 17.2 Å². The summed E-state index contributed by atoms with van der Waals surface area (Å²) >= 11 is 11.9. The molecule has 18 nitrogen and oxygen atoms in total. The van der Waals surface area contributed by atoms with Gasteiger partial charge in [0.15, 0.2) is 17.9 Å². The molecular weight excluding hydrogens is 1090 g/mol. The van der Waals surface area contributed by atoms with E-state index in [1.807, 2.05) is 37.3 Å². The van der Waals surface area contributed by atoms with Gasteiger partial charge in [0.05, 0.1) is 66.6 Å². The molecule has 0 radical (unpaired) electrons. The fraction of sp³-hybridized carbons (Fsp3) is 0.311. The number of anilines is 3. The third-order valence-corrected chi connectivity index (χ3v) is 14.8. The Labute approximate surface area is 487 Å². The van der Waals surface area contributed by atoms with Gasteiger partial charge in [-0.2, -0.15) is 0 Å². The lowest BCUT2D eigenvalue weighted by molar-refractivity contribution is 0.0991. The summed E-state index contributed by atoms with van der Waals surface area (Å²) in [5.74, 6) is 1.99. The van der Waals surface area contributed by atoms with Crippen LogP contribution in [0.15, 0.2) is 136 Å². The van der Waals surface area contributed by atoms with Crippen LogP contribution in [-0.2, 0) is 19.6 Å². The molecule has 0 spiro atoms. The van der Waals surface area contributed by atoms with E-state index in [1.54, 1.807) is 84.9 Å². The zero-order valence-corrected chi connectivity index (χ0v) is 47.3. The summed E-state index contributed by atoms with van der Waals surface area (Å²) in [4.78, 5) is 47.3. The zero-order chi connectivity index (χ0) is 58.5. The average molecular weight is 1160 g/mol. The van der Waals surface area contributed by atoms with Gasteiger partial charge in [0.1, 0.15) is 23.1 Å². The van der Waals surface area contributed by atoms with E-state index in [0.717, 1.165) is 36.8 Å². The maximum Gasteiger partial charge on any atom is 0.248 e. The molecule has 3 aliphatic carbocycles. The number of amides is 3. The van der Waals surface area contributed by atoms with Gasteiger partial charge < -0.3 is 64.6 Å². The maximum absolute atomic E-state index is 13.7. The molecule has 3 aliphatic rings. The number of carbonyl (C=O) groups is 3. The van der Waals surface area contributed by atoms with Crippen molar-refractivity contribution in [1.29, 1.82) is 0 Å². The van der Waals surface area contributed by atoms with Gasteiger partial charge in [0.2, 0.25) is 17.7 Å².